The molecule has 0 unspecified atom stereocenters. The number of fused-ring (bicyclic) bond motifs is 1. The molecule has 0 saturated carbocycles. The van der Waals surface area contributed by atoms with Gasteiger partial charge >= 0.3 is 0 Å². The van der Waals surface area contributed by atoms with Gasteiger partial charge in [-0.15, -0.1) is 4.91 Å². The van der Waals surface area contributed by atoms with E-state index < -0.39 is 5.78 Å². The van der Waals surface area contributed by atoms with Crippen molar-refractivity contribution in [1.82, 2.24) is 4.90 Å². The third-order valence-corrected chi connectivity index (χ3v) is 4.79. The van der Waals surface area contributed by atoms with Crippen LogP contribution in [0.15, 0.2) is 28.8 Å². The number of aliphatic hydroxyl groups excluding tert-OH is 3. The van der Waals surface area contributed by atoms with E-state index in [1.165, 1.54) is 18.1 Å². The molecule has 2 rings (SSSR count). The third kappa shape index (κ3) is 4.97. The van der Waals surface area contributed by atoms with Gasteiger partial charge < -0.3 is 15.3 Å². The first-order valence-corrected chi connectivity index (χ1v) is 8.84. The zero-order valence-corrected chi connectivity index (χ0v) is 15.1. The Morgan fingerprint density at radius 2 is 1.81 bits per heavy atom. The van der Waals surface area contributed by atoms with E-state index in [0.717, 1.165) is 43.6 Å². The Morgan fingerprint density at radius 1 is 1.15 bits per heavy atom. The molecule has 0 radical (unpaired) electrons. The number of rotatable bonds is 9. The molecule has 7 heteroatoms. The molecule has 1 aromatic rings. The molecular weight excluding hydrogens is 336 g/mol. The Balaban J connectivity index is 1.88. The normalized spacial score (nSPS) is 15.3. The topological polar surface area (TPSA) is 110 Å². The van der Waals surface area contributed by atoms with Crippen LogP contribution >= 0.6 is 0 Å². The van der Waals surface area contributed by atoms with Crippen molar-refractivity contribution >= 4 is 5.78 Å². The minimum atomic E-state index is -0.521. The van der Waals surface area contributed by atoms with Crippen LogP contribution in [0.3, 0.4) is 0 Å². The third-order valence-electron chi connectivity index (χ3n) is 4.79. The summed E-state index contributed by atoms with van der Waals surface area (Å²) < 4.78 is 0. The van der Waals surface area contributed by atoms with E-state index in [1.807, 2.05) is 12.1 Å². The Kier molecular flexibility index (Phi) is 7.44. The summed E-state index contributed by atoms with van der Waals surface area (Å²) in [7, 11) is 0. The van der Waals surface area contributed by atoms with Crippen LogP contribution in [0.5, 0.6) is 0 Å². The maximum Gasteiger partial charge on any atom is 0.187 e. The molecule has 0 aliphatic carbocycles. The molecule has 1 heterocycles. The predicted molar refractivity (Wildman–Crippen MR) is 97.3 cm³/mol. The van der Waals surface area contributed by atoms with Crippen molar-refractivity contribution in [3.63, 3.8) is 0 Å². The van der Waals surface area contributed by atoms with E-state index in [2.05, 4.69) is 10.1 Å². The average molecular weight is 362 g/mol. The van der Waals surface area contributed by atoms with Crippen molar-refractivity contribution < 1.29 is 20.1 Å². The molecule has 0 amide bonds. The minimum absolute atomic E-state index is 0.0677. The van der Waals surface area contributed by atoms with Crippen molar-refractivity contribution in [3.05, 3.63) is 50.7 Å². The number of Topliss-reactive ketones (excluding diaryl/α,β-unsaturated/α-hetero) is 1. The molecule has 142 valence electrons. The van der Waals surface area contributed by atoms with Gasteiger partial charge in [0.1, 0.15) is 5.76 Å². The van der Waals surface area contributed by atoms with Crippen LogP contribution in [0, 0.1) is 4.91 Å². The molecule has 0 bridgehead atoms. The second-order valence-electron chi connectivity index (χ2n) is 6.63. The average Bonchev–Trinajstić information content (AvgIpc) is 2.64. The Labute approximate surface area is 152 Å². The van der Waals surface area contributed by atoms with Crippen LogP contribution in [0.25, 0.3) is 0 Å². The number of aliphatic hydroxyl groups is 3. The molecule has 7 nitrogen and oxygen atoms in total. The highest BCUT2D eigenvalue weighted by Gasteiger charge is 2.18. The highest BCUT2D eigenvalue weighted by Crippen LogP contribution is 2.24. The van der Waals surface area contributed by atoms with Gasteiger partial charge in [-0.3, -0.25) is 9.69 Å². The second kappa shape index (κ2) is 9.56. The van der Waals surface area contributed by atoms with Gasteiger partial charge in [0.25, 0.3) is 0 Å². The molecule has 1 aliphatic rings. The highest BCUT2D eigenvalue weighted by atomic mass is 16.3. The summed E-state index contributed by atoms with van der Waals surface area (Å²) in [6.45, 7) is 3.59. The number of benzene rings is 1. The molecule has 0 fully saturated rings. The van der Waals surface area contributed by atoms with Crippen LogP contribution in [-0.4, -0.2) is 39.1 Å². The Morgan fingerprint density at radius 3 is 2.38 bits per heavy atom. The SMILES string of the molecule is CC(=O)C(N=O)=C(O)CCCCN1CCc2cc(CO)c(CO)cc2C1. The molecule has 0 aromatic heterocycles. The van der Waals surface area contributed by atoms with Crippen molar-refractivity contribution in [2.24, 2.45) is 5.18 Å². The van der Waals surface area contributed by atoms with E-state index in [1.54, 1.807) is 0 Å². The zero-order chi connectivity index (χ0) is 19.1. The predicted octanol–water partition coefficient (Wildman–Crippen LogP) is 2.32. The summed E-state index contributed by atoms with van der Waals surface area (Å²) in [5.41, 5.74) is 3.55. The molecular formula is C19H26N2O5. The maximum absolute atomic E-state index is 11.2. The second-order valence-corrected chi connectivity index (χ2v) is 6.63. The monoisotopic (exact) mass is 362 g/mol. The zero-order valence-electron chi connectivity index (χ0n) is 15.1. The minimum Gasteiger partial charge on any atom is -0.510 e. The molecule has 1 aromatic carbocycles. The van der Waals surface area contributed by atoms with Crippen LogP contribution in [0.4, 0.5) is 0 Å². The number of nitroso groups, excluding NO2 is 1. The van der Waals surface area contributed by atoms with Crippen molar-refractivity contribution in [2.75, 3.05) is 13.1 Å². The van der Waals surface area contributed by atoms with Crippen LogP contribution in [0.2, 0.25) is 0 Å². The van der Waals surface area contributed by atoms with E-state index >= 15 is 0 Å². The number of allylic oxidation sites excluding steroid dienone is 2. The molecule has 0 atom stereocenters. The summed E-state index contributed by atoms with van der Waals surface area (Å²) in [5.74, 6) is -0.757. The largest absolute Gasteiger partial charge is 0.510 e. The molecule has 26 heavy (non-hydrogen) atoms. The van der Waals surface area contributed by atoms with Gasteiger partial charge in [-0.05, 0) is 53.2 Å². The first kappa shape index (κ1) is 20.2. The summed E-state index contributed by atoms with van der Waals surface area (Å²) in [4.78, 5) is 24.0. The fourth-order valence-electron chi connectivity index (χ4n) is 3.32. The quantitative estimate of drug-likeness (QED) is 0.269. The Bertz CT molecular complexity index is 699. The van der Waals surface area contributed by atoms with Crippen molar-refractivity contribution in [2.45, 2.75) is 52.4 Å². The molecule has 1 aliphatic heterocycles. The molecule has 0 saturated heterocycles. The van der Waals surface area contributed by atoms with Gasteiger partial charge in [-0.25, -0.2) is 0 Å². The number of hydrogen-bond acceptors (Lipinski definition) is 7. The smallest absolute Gasteiger partial charge is 0.187 e. The lowest BCUT2D eigenvalue weighted by atomic mass is 9.93. The first-order valence-electron chi connectivity index (χ1n) is 8.84. The van der Waals surface area contributed by atoms with E-state index in [4.69, 9.17) is 0 Å². The summed E-state index contributed by atoms with van der Waals surface area (Å²) in [6.07, 6.45) is 2.64. The fraction of sp³-hybridized carbons (Fsp3) is 0.526. The molecule has 0 spiro atoms. The van der Waals surface area contributed by atoms with Gasteiger partial charge in [0, 0.05) is 26.4 Å². The maximum atomic E-state index is 11.2. The summed E-state index contributed by atoms with van der Waals surface area (Å²) in [6, 6.07) is 3.95. The van der Waals surface area contributed by atoms with Crippen LogP contribution in [0.1, 0.15) is 48.4 Å². The number of carbonyl (C=O) groups is 1. The number of nitrogens with zero attached hydrogens (tertiary/aromatic N) is 2. The standard InChI is InChI=1S/C19H26N2O5/c1-13(24)19(20-26)18(25)4-2-3-6-21-7-5-14-8-16(11-22)17(12-23)9-15(14)10-21/h8-9,22-23,25H,2-7,10-12H2,1H3. The van der Waals surface area contributed by atoms with Gasteiger partial charge in [0.2, 0.25) is 0 Å². The van der Waals surface area contributed by atoms with Crippen LogP contribution < -0.4 is 0 Å². The van der Waals surface area contributed by atoms with Gasteiger partial charge in [0.15, 0.2) is 11.5 Å². The Hall–Kier alpha value is -2.09. The first-order chi connectivity index (χ1) is 12.5. The summed E-state index contributed by atoms with van der Waals surface area (Å²) >= 11 is 0. The lowest BCUT2D eigenvalue weighted by Gasteiger charge is -2.29. The number of ketones is 1. The number of hydrogen-bond donors (Lipinski definition) is 3. The number of unbranched alkanes of at least 4 members (excludes halogenated alkanes) is 1. The highest BCUT2D eigenvalue weighted by molar-refractivity contribution is 5.93. The van der Waals surface area contributed by atoms with E-state index in [9.17, 15) is 25.0 Å². The van der Waals surface area contributed by atoms with Gasteiger partial charge in [0.05, 0.1) is 13.2 Å². The lowest BCUT2D eigenvalue weighted by molar-refractivity contribution is -0.113. The van der Waals surface area contributed by atoms with Gasteiger partial charge in [-0.2, -0.15) is 0 Å². The number of carbonyl (C=O) groups excluding carboxylic acids is 1. The summed E-state index contributed by atoms with van der Waals surface area (Å²) in [5, 5.41) is 31.2. The van der Waals surface area contributed by atoms with E-state index in [0.29, 0.717) is 6.42 Å². The van der Waals surface area contributed by atoms with E-state index in [-0.39, 0.29) is 31.1 Å². The van der Waals surface area contributed by atoms with Crippen molar-refractivity contribution in [3.8, 4) is 0 Å². The molecule has 3 N–H and O–H groups in total. The fourth-order valence-corrected chi connectivity index (χ4v) is 3.32. The van der Waals surface area contributed by atoms with Crippen molar-refractivity contribution in [1.29, 1.82) is 0 Å². The van der Waals surface area contributed by atoms with Gasteiger partial charge in [-0.1, -0.05) is 12.1 Å². The lowest BCUT2D eigenvalue weighted by Crippen LogP contribution is -2.31. The van der Waals surface area contributed by atoms with Crippen LogP contribution in [-0.2, 0) is 31.0 Å².